The minimum atomic E-state index is -4.73. The second-order valence-corrected chi connectivity index (χ2v) is 3.91. The number of piperidine rings is 1. The number of hydrogen-bond acceptors (Lipinski definition) is 2. The first-order chi connectivity index (χ1) is 6.47. The first kappa shape index (κ1) is 9.76. The maximum absolute atomic E-state index is 12.1. The van der Waals surface area contributed by atoms with E-state index in [4.69, 9.17) is 0 Å². The maximum atomic E-state index is 12.1. The lowest BCUT2D eigenvalue weighted by molar-refractivity contribution is -0.186. The molecule has 2 unspecified atom stereocenters. The Hall–Kier alpha value is -0.780. The SMILES string of the molecule is O=C(N1CC2CNC(C2)C1)C(F)(F)F. The van der Waals surface area contributed by atoms with Crippen molar-refractivity contribution < 1.29 is 18.0 Å². The molecular formula is C8H11F3N2O. The largest absolute Gasteiger partial charge is 0.471 e. The first-order valence-corrected chi connectivity index (χ1v) is 4.56. The Morgan fingerprint density at radius 3 is 2.64 bits per heavy atom. The summed E-state index contributed by atoms with van der Waals surface area (Å²) in [6.45, 7) is 1.16. The summed E-state index contributed by atoms with van der Waals surface area (Å²) in [5.41, 5.74) is 0. The number of fused-ring (bicyclic) bond motifs is 2. The lowest BCUT2D eigenvalue weighted by Crippen LogP contribution is -2.49. The molecule has 1 amide bonds. The van der Waals surface area contributed by atoms with Crippen LogP contribution in [-0.4, -0.2) is 42.7 Å². The van der Waals surface area contributed by atoms with Crippen LogP contribution in [0.5, 0.6) is 0 Å². The van der Waals surface area contributed by atoms with Crippen molar-refractivity contribution in [2.75, 3.05) is 19.6 Å². The number of likely N-dealkylation sites (tertiary alicyclic amines) is 1. The highest BCUT2D eigenvalue weighted by Gasteiger charge is 2.46. The van der Waals surface area contributed by atoms with Gasteiger partial charge in [0.05, 0.1) is 0 Å². The number of carbonyl (C=O) groups excluding carboxylic acids is 1. The maximum Gasteiger partial charge on any atom is 0.471 e. The zero-order valence-electron chi connectivity index (χ0n) is 7.47. The van der Waals surface area contributed by atoms with Gasteiger partial charge in [0.1, 0.15) is 0 Å². The fourth-order valence-corrected chi connectivity index (χ4v) is 2.18. The number of alkyl halides is 3. The van der Waals surface area contributed by atoms with Gasteiger partial charge in [0.2, 0.25) is 0 Å². The van der Waals surface area contributed by atoms with Gasteiger partial charge in [-0.15, -0.1) is 0 Å². The van der Waals surface area contributed by atoms with Gasteiger partial charge in [-0.3, -0.25) is 4.79 Å². The zero-order chi connectivity index (χ0) is 10.3. The Balaban J connectivity index is 2.03. The van der Waals surface area contributed by atoms with E-state index >= 15 is 0 Å². The van der Waals surface area contributed by atoms with Gasteiger partial charge in [0.25, 0.3) is 0 Å². The number of nitrogens with one attached hydrogen (secondary N) is 1. The molecule has 14 heavy (non-hydrogen) atoms. The Kier molecular flexibility index (Phi) is 2.17. The van der Waals surface area contributed by atoms with E-state index in [1.807, 2.05) is 0 Å². The van der Waals surface area contributed by atoms with Gasteiger partial charge >= 0.3 is 12.1 Å². The van der Waals surface area contributed by atoms with Crippen LogP contribution in [0.3, 0.4) is 0 Å². The van der Waals surface area contributed by atoms with Crippen LogP contribution in [-0.2, 0) is 4.79 Å². The summed E-state index contributed by atoms with van der Waals surface area (Å²) >= 11 is 0. The van der Waals surface area contributed by atoms with Crippen molar-refractivity contribution in [3.63, 3.8) is 0 Å². The standard InChI is InChI=1S/C8H11F3N2O/c9-8(10,11)7(14)13-3-5-1-6(4-13)12-2-5/h5-6,12H,1-4H2. The number of hydrogen-bond donors (Lipinski definition) is 1. The highest BCUT2D eigenvalue weighted by Crippen LogP contribution is 2.26. The summed E-state index contributed by atoms with van der Waals surface area (Å²) in [5, 5.41) is 3.09. The van der Waals surface area contributed by atoms with Gasteiger partial charge in [0.15, 0.2) is 0 Å². The third-order valence-corrected chi connectivity index (χ3v) is 2.76. The van der Waals surface area contributed by atoms with Crippen LogP contribution in [0.1, 0.15) is 6.42 Å². The number of amides is 1. The molecule has 2 atom stereocenters. The van der Waals surface area contributed by atoms with Crippen molar-refractivity contribution in [2.24, 2.45) is 5.92 Å². The molecule has 0 spiro atoms. The van der Waals surface area contributed by atoms with Crippen LogP contribution in [0, 0.1) is 5.92 Å². The Bertz CT molecular complexity index is 241. The molecule has 2 rings (SSSR count). The predicted molar refractivity (Wildman–Crippen MR) is 42.5 cm³/mol. The fourth-order valence-electron chi connectivity index (χ4n) is 2.18. The lowest BCUT2D eigenvalue weighted by atomic mass is 10.00. The van der Waals surface area contributed by atoms with Crippen LogP contribution < -0.4 is 5.32 Å². The lowest BCUT2D eigenvalue weighted by Gasteiger charge is -2.31. The quantitative estimate of drug-likeness (QED) is 0.623. The number of halogens is 3. The minimum absolute atomic E-state index is 0.0556. The molecule has 2 aliphatic heterocycles. The van der Waals surface area contributed by atoms with Crippen LogP contribution in [0.2, 0.25) is 0 Å². The van der Waals surface area contributed by atoms with E-state index in [-0.39, 0.29) is 25.0 Å². The van der Waals surface area contributed by atoms with Crippen molar-refractivity contribution in [2.45, 2.75) is 18.6 Å². The van der Waals surface area contributed by atoms with Crippen molar-refractivity contribution >= 4 is 5.91 Å². The summed E-state index contributed by atoms with van der Waals surface area (Å²) in [6.07, 6.45) is -3.83. The Morgan fingerprint density at radius 2 is 2.07 bits per heavy atom. The number of rotatable bonds is 0. The Morgan fingerprint density at radius 1 is 1.36 bits per heavy atom. The molecule has 6 heteroatoms. The smallest absolute Gasteiger partial charge is 0.333 e. The van der Waals surface area contributed by atoms with Crippen molar-refractivity contribution in [1.82, 2.24) is 10.2 Å². The molecule has 2 fully saturated rings. The van der Waals surface area contributed by atoms with Crippen LogP contribution in [0.15, 0.2) is 0 Å². The monoisotopic (exact) mass is 208 g/mol. The van der Waals surface area contributed by atoms with E-state index in [1.54, 1.807) is 0 Å². The molecule has 2 saturated heterocycles. The van der Waals surface area contributed by atoms with Crippen molar-refractivity contribution in [1.29, 1.82) is 0 Å². The summed E-state index contributed by atoms with van der Waals surface area (Å²) < 4.78 is 36.3. The molecule has 80 valence electrons. The summed E-state index contributed by atoms with van der Waals surface area (Å²) in [4.78, 5) is 11.8. The predicted octanol–water partition coefficient (Wildman–Crippen LogP) is 0.369. The van der Waals surface area contributed by atoms with Gasteiger partial charge in [-0.1, -0.05) is 0 Å². The molecule has 2 bridgehead atoms. The third kappa shape index (κ3) is 1.70. The second kappa shape index (κ2) is 3.12. The van der Waals surface area contributed by atoms with E-state index in [2.05, 4.69) is 5.32 Å². The molecule has 0 aromatic carbocycles. The molecule has 0 radical (unpaired) electrons. The van der Waals surface area contributed by atoms with Gasteiger partial charge in [-0.25, -0.2) is 0 Å². The zero-order valence-corrected chi connectivity index (χ0v) is 7.47. The molecule has 0 aliphatic carbocycles. The normalized spacial score (nSPS) is 32.1. The fraction of sp³-hybridized carbons (Fsp3) is 0.875. The molecule has 2 heterocycles. The number of carbonyl (C=O) groups is 1. The van der Waals surface area contributed by atoms with E-state index in [9.17, 15) is 18.0 Å². The molecule has 0 aromatic rings. The summed E-state index contributed by atoms with van der Waals surface area (Å²) in [6, 6.07) is 0.0556. The van der Waals surface area contributed by atoms with Gasteiger partial charge in [0, 0.05) is 25.7 Å². The number of nitrogens with zero attached hydrogens (tertiary/aromatic N) is 1. The Labute approximate surface area is 79.3 Å². The first-order valence-electron chi connectivity index (χ1n) is 4.56. The van der Waals surface area contributed by atoms with Gasteiger partial charge < -0.3 is 10.2 Å². The second-order valence-electron chi connectivity index (χ2n) is 3.91. The highest BCUT2D eigenvalue weighted by molar-refractivity contribution is 5.82. The molecule has 3 nitrogen and oxygen atoms in total. The highest BCUT2D eigenvalue weighted by atomic mass is 19.4. The summed E-state index contributed by atoms with van der Waals surface area (Å²) in [7, 11) is 0. The van der Waals surface area contributed by atoms with E-state index in [1.165, 1.54) is 0 Å². The molecular weight excluding hydrogens is 197 g/mol. The van der Waals surface area contributed by atoms with Crippen molar-refractivity contribution in [3.05, 3.63) is 0 Å². The van der Waals surface area contributed by atoms with E-state index in [0.717, 1.165) is 17.9 Å². The average molecular weight is 208 g/mol. The van der Waals surface area contributed by atoms with Gasteiger partial charge in [-0.05, 0) is 12.3 Å². The third-order valence-electron chi connectivity index (χ3n) is 2.76. The van der Waals surface area contributed by atoms with E-state index < -0.39 is 12.1 Å². The molecule has 0 saturated carbocycles. The van der Waals surface area contributed by atoms with E-state index in [0.29, 0.717) is 0 Å². The minimum Gasteiger partial charge on any atom is -0.333 e. The topological polar surface area (TPSA) is 32.3 Å². The van der Waals surface area contributed by atoms with Crippen molar-refractivity contribution in [3.8, 4) is 0 Å². The molecule has 0 aromatic heterocycles. The van der Waals surface area contributed by atoms with Crippen LogP contribution >= 0.6 is 0 Å². The van der Waals surface area contributed by atoms with Crippen LogP contribution in [0.4, 0.5) is 13.2 Å². The molecule has 1 N–H and O–H groups in total. The van der Waals surface area contributed by atoms with Gasteiger partial charge in [-0.2, -0.15) is 13.2 Å². The summed E-state index contributed by atoms with van der Waals surface area (Å²) in [5.74, 6) is -1.50. The average Bonchev–Trinajstić information content (AvgIpc) is 2.42. The van der Waals surface area contributed by atoms with Crippen LogP contribution in [0.25, 0.3) is 0 Å². The molecule has 2 aliphatic rings.